The number of cyclic esters (lactones) is 1. The fraction of sp³-hybridized carbons (Fsp3) is 0.462. The number of ether oxygens (including phenoxy) is 1. The number of hydrogen-bond donors (Lipinski definition) is 1. The summed E-state index contributed by atoms with van der Waals surface area (Å²) < 4.78 is 5.30. The first kappa shape index (κ1) is 11.9. The monoisotopic (exact) mass is 234 g/mol. The molecule has 1 aromatic carbocycles. The first-order valence-corrected chi connectivity index (χ1v) is 5.90. The van der Waals surface area contributed by atoms with Crippen LogP contribution in [0, 0.1) is 6.92 Å². The zero-order valence-electron chi connectivity index (χ0n) is 10.1. The van der Waals surface area contributed by atoms with Crippen LogP contribution >= 0.6 is 0 Å². The highest BCUT2D eigenvalue weighted by atomic mass is 16.6. The second kappa shape index (κ2) is 5.19. The van der Waals surface area contributed by atoms with E-state index >= 15 is 0 Å². The number of benzene rings is 1. The number of rotatable bonds is 4. The first-order valence-electron chi connectivity index (χ1n) is 5.90. The molecule has 17 heavy (non-hydrogen) atoms. The number of hydrogen-bond acceptors (Lipinski definition) is 3. The largest absolute Gasteiger partial charge is 0.444 e. The maximum Gasteiger partial charge on any atom is 0.410 e. The summed E-state index contributed by atoms with van der Waals surface area (Å²) >= 11 is 0. The Morgan fingerprint density at radius 3 is 3.06 bits per heavy atom. The summed E-state index contributed by atoms with van der Waals surface area (Å²) in [6, 6.07) is 8.27. The lowest BCUT2D eigenvalue weighted by atomic mass is 10.1. The quantitative estimate of drug-likeness (QED) is 0.854. The fourth-order valence-electron chi connectivity index (χ4n) is 2.12. The van der Waals surface area contributed by atoms with Gasteiger partial charge in [0.1, 0.15) is 6.10 Å². The summed E-state index contributed by atoms with van der Waals surface area (Å²) in [6.07, 6.45) is 0.484. The summed E-state index contributed by atoms with van der Waals surface area (Å²) in [5, 5.41) is 0. The van der Waals surface area contributed by atoms with Crippen molar-refractivity contribution >= 4 is 6.09 Å². The predicted molar refractivity (Wildman–Crippen MR) is 65.8 cm³/mol. The number of carbonyl (C=O) groups is 1. The molecule has 1 atom stereocenters. The van der Waals surface area contributed by atoms with Crippen molar-refractivity contribution in [3.8, 4) is 0 Å². The fourth-order valence-corrected chi connectivity index (χ4v) is 2.12. The Labute approximate surface area is 101 Å². The van der Waals surface area contributed by atoms with Crippen LogP contribution in [0.15, 0.2) is 24.3 Å². The average molecular weight is 234 g/mol. The molecule has 0 aliphatic carbocycles. The van der Waals surface area contributed by atoms with Crippen LogP contribution < -0.4 is 5.73 Å². The molecule has 0 radical (unpaired) electrons. The maximum atomic E-state index is 11.5. The molecular weight excluding hydrogens is 216 g/mol. The van der Waals surface area contributed by atoms with E-state index in [2.05, 4.69) is 25.1 Å². The molecule has 0 saturated carbocycles. The van der Waals surface area contributed by atoms with E-state index in [-0.39, 0.29) is 12.2 Å². The van der Waals surface area contributed by atoms with Crippen molar-refractivity contribution < 1.29 is 9.53 Å². The van der Waals surface area contributed by atoms with Gasteiger partial charge < -0.3 is 15.4 Å². The molecule has 0 aromatic heterocycles. The summed E-state index contributed by atoms with van der Waals surface area (Å²) in [7, 11) is 0. The van der Waals surface area contributed by atoms with Crippen molar-refractivity contribution in [2.24, 2.45) is 5.73 Å². The zero-order chi connectivity index (χ0) is 12.3. The molecule has 1 aromatic rings. The van der Waals surface area contributed by atoms with Gasteiger partial charge in [-0.1, -0.05) is 29.8 Å². The van der Waals surface area contributed by atoms with Gasteiger partial charge in [-0.3, -0.25) is 0 Å². The molecule has 1 fully saturated rings. The van der Waals surface area contributed by atoms with Gasteiger partial charge in [0, 0.05) is 19.5 Å². The molecule has 1 heterocycles. The first-order chi connectivity index (χ1) is 8.19. The Bertz CT molecular complexity index is 406. The van der Waals surface area contributed by atoms with Crippen molar-refractivity contribution in [1.29, 1.82) is 0 Å². The third-order valence-electron chi connectivity index (χ3n) is 2.89. The van der Waals surface area contributed by atoms with Gasteiger partial charge in [0.15, 0.2) is 0 Å². The molecule has 1 aliphatic rings. The topological polar surface area (TPSA) is 55.6 Å². The molecule has 1 aliphatic heterocycles. The SMILES string of the molecule is Cc1cccc(CC2CN(CCN)C(=O)O2)c1. The number of nitrogens with zero attached hydrogens (tertiary/aromatic N) is 1. The van der Waals surface area contributed by atoms with Crippen LogP contribution in [0.3, 0.4) is 0 Å². The van der Waals surface area contributed by atoms with Crippen molar-refractivity contribution in [3.63, 3.8) is 0 Å². The highest BCUT2D eigenvalue weighted by Crippen LogP contribution is 2.16. The molecule has 4 heteroatoms. The molecule has 2 N–H and O–H groups in total. The molecule has 0 bridgehead atoms. The summed E-state index contributed by atoms with van der Waals surface area (Å²) in [6.45, 7) is 3.75. The Morgan fingerprint density at radius 2 is 2.35 bits per heavy atom. The number of carbonyl (C=O) groups excluding carboxylic acids is 1. The molecule has 0 spiro atoms. The molecule has 1 saturated heterocycles. The van der Waals surface area contributed by atoms with Gasteiger partial charge >= 0.3 is 6.09 Å². The van der Waals surface area contributed by atoms with E-state index in [1.165, 1.54) is 11.1 Å². The standard InChI is InChI=1S/C13H18N2O2/c1-10-3-2-4-11(7-10)8-12-9-15(6-5-14)13(16)17-12/h2-4,7,12H,5-6,8-9,14H2,1H3. The van der Waals surface area contributed by atoms with Crippen LogP contribution in [0.25, 0.3) is 0 Å². The van der Waals surface area contributed by atoms with Gasteiger partial charge in [-0.2, -0.15) is 0 Å². The molecule has 1 amide bonds. The van der Waals surface area contributed by atoms with Gasteiger partial charge in [0.2, 0.25) is 0 Å². The summed E-state index contributed by atoms with van der Waals surface area (Å²) in [5.74, 6) is 0. The lowest BCUT2D eigenvalue weighted by Crippen LogP contribution is -2.30. The second-order valence-electron chi connectivity index (χ2n) is 4.43. The normalized spacial score (nSPS) is 19.5. The van der Waals surface area contributed by atoms with Crippen molar-refractivity contribution in [2.45, 2.75) is 19.4 Å². The Balaban J connectivity index is 1.95. The minimum atomic E-state index is -0.242. The van der Waals surface area contributed by atoms with E-state index < -0.39 is 0 Å². The van der Waals surface area contributed by atoms with E-state index in [1.54, 1.807) is 4.90 Å². The Morgan fingerprint density at radius 1 is 1.53 bits per heavy atom. The van der Waals surface area contributed by atoms with Crippen LogP contribution in [-0.2, 0) is 11.2 Å². The Hall–Kier alpha value is -1.55. The van der Waals surface area contributed by atoms with Crippen LogP contribution in [-0.4, -0.2) is 36.7 Å². The molecule has 4 nitrogen and oxygen atoms in total. The van der Waals surface area contributed by atoms with Crippen molar-refractivity contribution in [2.75, 3.05) is 19.6 Å². The van der Waals surface area contributed by atoms with Gasteiger partial charge in [-0.15, -0.1) is 0 Å². The molecule has 1 unspecified atom stereocenters. The van der Waals surface area contributed by atoms with Crippen molar-refractivity contribution in [1.82, 2.24) is 4.90 Å². The van der Waals surface area contributed by atoms with E-state index in [4.69, 9.17) is 10.5 Å². The highest BCUT2D eigenvalue weighted by Gasteiger charge is 2.30. The van der Waals surface area contributed by atoms with Crippen LogP contribution in [0.5, 0.6) is 0 Å². The lowest BCUT2D eigenvalue weighted by molar-refractivity contribution is 0.132. The predicted octanol–water partition coefficient (Wildman–Crippen LogP) is 1.32. The van der Waals surface area contributed by atoms with Crippen molar-refractivity contribution in [3.05, 3.63) is 35.4 Å². The van der Waals surface area contributed by atoms with Gasteiger partial charge in [-0.05, 0) is 12.5 Å². The number of nitrogens with two attached hydrogens (primary N) is 1. The minimum absolute atomic E-state index is 0.0455. The average Bonchev–Trinajstić information content (AvgIpc) is 2.60. The molecular formula is C13H18N2O2. The third-order valence-corrected chi connectivity index (χ3v) is 2.89. The van der Waals surface area contributed by atoms with E-state index in [0.717, 1.165) is 6.42 Å². The van der Waals surface area contributed by atoms with Gasteiger partial charge in [0.25, 0.3) is 0 Å². The van der Waals surface area contributed by atoms with Crippen LogP contribution in [0.2, 0.25) is 0 Å². The molecule has 2 rings (SSSR count). The second-order valence-corrected chi connectivity index (χ2v) is 4.43. The van der Waals surface area contributed by atoms with Crippen LogP contribution in [0.4, 0.5) is 4.79 Å². The zero-order valence-corrected chi connectivity index (χ0v) is 10.1. The maximum absolute atomic E-state index is 11.5. The Kier molecular flexibility index (Phi) is 3.64. The summed E-state index contributed by atoms with van der Waals surface area (Å²) in [4.78, 5) is 13.1. The smallest absolute Gasteiger partial charge is 0.410 e. The molecule has 92 valence electrons. The van der Waals surface area contributed by atoms with E-state index in [1.807, 2.05) is 6.07 Å². The van der Waals surface area contributed by atoms with Crippen LogP contribution in [0.1, 0.15) is 11.1 Å². The van der Waals surface area contributed by atoms with Gasteiger partial charge in [-0.25, -0.2) is 4.79 Å². The minimum Gasteiger partial charge on any atom is -0.444 e. The number of amides is 1. The van der Waals surface area contributed by atoms with E-state index in [9.17, 15) is 4.79 Å². The number of aryl methyl sites for hydroxylation is 1. The van der Waals surface area contributed by atoms with E-state index in [0.29, 0.717) is 19.6 Å². The highest BCUT2D eigenvalue weighted by molar-refractivity contribution is 5.69. The lowest BCUT2D eigenvalue weighted by Gasteiger charge is -2.10. The summed E-state index contributed by atoms with van der Waals surface area (Å²) in [5.41, 5.74) is 7.87. The third kappa shape index (κ3) is 2.97. The van der Waals surface area contributed by atoms with Gasteiger partial charge in [0.05, 0.1) is 6.54 Å².